The number of sulfonamides is 1. The first kappa shape index (κ1) is 28.4. The molecule has 0 radical (unpaired) electrons. The molecule has 2 heterocycles. The van der Waals surface area contributed by atoms with Crippen molar-refractivity contribution in [3.63, 3.8) is 0 Å². The number of hydrogen-bond acceptors (Lipinski definition) is 8. The molecule has 1 saturated heterocycles. The normalized spacial score (nSPS) is 15.9. The fourth-order valence-corrected chi connectivity index (χ4v) is 5.56. The molecule has 39 heavy (non-hydrogen) atoms. The van der Waals surface area contributed by atoms with Crippen molar-refractivity contribution < 1.29 is 28.0 Å². The number of pyridine rings is 1. The monoisotopic (exact) mass is 555 g/mol. The van der Waals surface area contributed by atoms with Crippen LogP contribution in [-0.2, 0) is 21.4 Å². The molecule has 1 aliphatic heterocycles. The number of amides is 2. The van der Waals surface area contributed by atoms with E-state index in [4.69, 9.17) is 4.74 Å². The van der Waals surface area contributed by atoms with Gasteiger partial charge >= 0.3 is 0 Å². The first-order valence-corrected chi connectivity index (χ1v) is 14.5. The summed E-state index contributed by atoms with van der Waals surface area (Å²) in [4.78, 5) is 31.5. The van der Waals surface area contributed by atoms with Gasteiger partial charge in [-0.2, -0.15) is 0 Å². The van der Waals surface area contributed by atoms with E-state index in [1.807, 2.05) is 37.3 Å². The smallest absolute Gasteiger partial charge is 0.262 e. The summed E-state index contributed by atoms with van der Waals surface area (Å²) < 4.78 is 31.1. The molecule has 0 aliphatic carbocycles. The van der Waals surface area contributed by atoms with Crippen LogP contribution in [0.4, 0.5) is 0 Å². The van der Waals surface area contributed by atoms with Crippen LogP contribution in [0.1, 0.15) is 28.0 Å². The van der Waals surface area contributed by atoms with Crippen molar-refractivity contribution in [1.29, 1.82) is 0 Å². The van der Waals surface area contributed by atoms with Gasteiger partial charge < -0.3 is 10.1 Å². The van der Waals surface area contributed by atoms with E-state index < -0.39 is 22.0 Å². The number of fused-ring (bicyclic) bond motifs is 1. The number of rotatable bonds is 9. The highest BCUT2D eigenvalue weighted by atomic mass is 32.2. The van der Waals surface area contributed by atoms with E-state index in [-0.39, 0.29) is 19.0 Å². The standard InChI is InChI=1S/C27H33N5O6S/c1-19-16-21(23-6-3-4-7-24(23)29-19)18-38-22-10-8-20(9-11-22)26(33)28-17-25(27(34)30-35)31-12-5-13-32(15-14-31)39(2,36)37/h3-4,6-11,16,25,35H,5,12-15,17-18H2,1-2H3,(H,28,33)(H,30,34). The lowest BCUT2D eigenvalue weighted by Crippen LogP contribution is -2.53. The number of benzene rings is 2. The van der Waals surface area contributed by atoms with Gasteiger partial charge in [0.1, 0.15) is 18.4 Å². The summed E-state index contributed by atoms with van der Waals surface area (Å²) >= 11 is 0. The van der Waals surface area contributed by atoms with Gasteiger partial charge in [-0.1, -0.05) is 18.2 Å². The third-order valence-electron chi connectivity index (χ3n) is 6.71. The minimum atomic E-state index is -3.35. The molecule has 2 aromatic carbocycles. The lowest BCUT2D eigenvalue weighted by atomic mass is 10.1. The van der Waals surface area contributed by atoms with E-state index in [1.165, 1.54) is 4.31 Å². The molecular weight excluding hydrogens is 522 g/mol. The summed E-state index contributed by atoms with van der Waals surface area (Å²) in [6.07, 6.45) is 1.67. The summed E-state index contributed by atoms with van der Waals surface area (Å²) in [5.41, 5.74) is 4.86. The SMILES string of the molecule is Cc1cc(COc2ccc(C(=O)NCC(C(=O)NO)N3CCCN(S(C)(=O)=O)CC3)cc2)c2ccccc2n1. The van der Waals surface area contributed by atoms with Crippen LogP contribution in [0, 0.1) is 6.92 Å². The zero-order valence-corrected chi connectivity index (χ0v) is 22.8. The van der Waals surface area contributed by atoms with Crippen LogP contribution in [-0.4, -0.2) is 84.6 Å². The Hall–Kier alpha value is -3.58. The highest BCUT2D eigenvalue weighted by Crippen LogP contribution is 2.21. The number of nitrogens with zero attached hydrogens (tertiary/aromatic N) is 3. The highest BCUT2D eigenvalue weighted by molar-refractivity contribution is 7.88. The van der Waals surface area contributed by atoms with Crippen molar-refractivity contribution in [3.05, 3.63) is 71.4 Å². The van der Waals surface area contributed by atoms with Gasteiger partial charge in [0.2, 0.25) is 10.0 Å². The van der Waals surface area contributed by atoms with E-state index in [0.29, 0.717) is 44.0 Å². The van der Waals surface area contributed by atoms with Crippen LogP contribution >= 0.6 is 0 Å². The van der Waals surface area contributed by atoms with Crippen molar-refractivity contribution in [3.8, 4) is 5.75 Å². The Morgan fingerprint density at radius 1 is 1.08 bits per heavy atom. The van der Waals surface area contributed by atoms with Gasteiger partial charge in [-0.3, -0.25) is 24.7 Å². The molecule has 1 atom stereocenters. The topological polar surface area (TPSA) is 141 Å². The van der Waals surface area contributed by atoms with Crippen LogP contribution in [0.15, 0.2) is 54.6 Å². The molecule has 0 saturated carbocycles. The Morgan fingerprint density at radius 3 is 2.54 bits per heavy atom. The lowest BCUT2D eigenvalue weighted by molar-refractivity contribution is -0.134. The average molecular weight is 556 g/mol. The number of aromatic nitrogens is 1. The van der Waals surface area contributed by atoms with Gasteiger partial charge in [0.05, 0.1) is 11.8 Å². The Balaban J connectivity index is 1.35. The van der Waals surface area contributed by atoms with E-state index in [0.717, 1.165) is 28.4 Å². The maximum atomic E-state index is 12.8. The summed E-state index contributed by atoms with van der Waals surface area (Å²) in [6.45, 7) is 3.53. The van der Waals surface area contributed by atoms with Gasteiger partial charge in [-0.05, 0) is 49.7 Å². The second-order valence-electron chi connectivity index (χ2n) is 9.51. The molecule has 0 spiro atoms. The number of nitrogens with one attached hydrogen (secondary N) is 2. The number of hydroxylamine groups is 1. The van der Waals surface area contributed by atoms with Crippen molar-refractivity contribution in [1.82, 2.24) is 25.0 Å². The molecule has 11 nitrogen and oxygen atoms in total. The van der Waals surface area contributed by atoms with E-state index in [2.05, 4.69) is 10.3 Å². The molecule has 2 amide bonds. The molecule has 4 rings (SSSR count). The molecule has 3 aromatic rings. The van der Waals surface area contributed by atoms with Gasteiger partial charge in [0, 0.05) is 54.9 Å². The van der Waals surface area contributed by atoms with Crippen LogP contribution in [0.2, 0.25) is 0 Å². The van der Waals surface area contributed by atoms with Crippen LogP contribution in [0.5, 0.6) is 5.75 Å². The molecule has 0 bridgehead atoms. The van der Waals surface area contributed by atoms with Gasteiger partial charge in [0.25, 0.3) is 11.8 Å². The lowest BCUT2D eigenvalue weighted by Gasteiger charge is -2.29. The molecule has 1 aromatic heterocycles. The third-order valence-corrected chi connectivity index (χ3v) is 8.01. The predicted octanol–water partition coefficient (Wildman–Crippen LogP) is 1.69. The molecule has 12 heteroatoms. The minimum Gasteiger partial charge on any atom is -0.489 e. The summed E-state index contributed by atoms with van der Waals surface area (Å²) in [5, 5.41) is 13.0. The van der Waals surface area contributed by atoms with Crippen LogP contribution in [0.3, 0.4) is 0 Å². The number of carbonyl (C=O) groups excluding carboxylic acids is 2. The Bertz CT molecular complexity index is 1430. The van der Waals surface area contributed by atoms with Crippen molar-refractivity contribution in [2.45, 2.75) is 26.0 Å². The largest absolute Gasteiger partial charge is 0.489 e. The van der Waals surface area contributed by atoms with Crippen LogP contribution in [0.25, 0.3) is 10.9 Å². The second kappa shape index (κ2) is 12.5. The first-order valence-electron chi connectivity index (χ1n) is 12.6. The average Bonchev–Trinajstić information content (AvgIpc) is 3.18. The maximum Gasteiger partial charge on any atom is 0.262 e. The maximum absolute atomic E-state index is 12.8. The molecule has 1 aliphatic rings. The molecule has 3 N–H and O–H groups in total. The van der Waals surface area contributed by atoms with Gasteiger partial charge in [0.15, 0.2) is 0 Å². The molecule has 1 unspecified atom stereocenters. The van der Waals surface area contributed by atoms with Crippen molar-refractivity contribution >= 4 is 32.7 Å². The second-order valence-corrected chi connectivity index (χ2v) is 11.5. The molecular formula is C27H33N5O6S. The number of hydrogen-bond donors (Lipinski definition) is 3. The predicted molar refractivity (Wildman–Crippen MR) is 146 cm³/mol. The van der Waals surface area contributed by atoms with E-state index in [1.54, 1.807) is 34.6 Å². The number of aryl methyl sites for hydroxylation is 1. The fraction of sp³-hybridized carbons (Fsp3) is 0.370. The Labute approximate surface area is 227 Å². The minimum absolute atomic E-state index is 0.0587. The van der Waals surface area contributed by atoms with Gasteiger partial charge in [-0.25, -0.2) is 18.2 Å². The zero-order chi connectivity index (χ0) is 28.0. The summed E-state index contributed by atoms with van der Waals surface area (Å²) in [7, 11) is -3.35. The van der Waals surface area contributed by atoms with Crippen molar-refractivity contribution in [2.75, 3.05) is 39.0 Å². The summed E-state index contributed by atoms with van der Waals surface area (Å²) in [5.74, 6) is -0.464. The molecule has 1 fully saturated rings. The quantitative estimate of drug-likeness (QED) is 0.268. The highest BCUT2D eigenvalue weighted by Gasteiger charge is 2.30. The molecule has 208 valence electrons. The Kier molecular flexibility index (Phi) is 9.12. The summed E-state index contributed by atoms with van der Waals surface area (Å²) in [6, 6.07) is 15.7. The first-order chi connectivity index (χ1) is 18.7. The number of carbonyl (C=O) groups is 2. The van der Waals surface area contributed by atoms with Crippen molar-refractivity contribution in [2.24, 2.45) is 0 Å². The Morgan fingerprint density at radius 2 is 1.82 bits per heavy atom. The number of para-hydroxylation sites is 1. The zero-order valence-electron chi connectivity index (χ0n) is 22.0. The van der Waals surface area contributed by atoms with Crippen LogP contribution < -0.4 is 15.5 Å². The van der Waals surface area contributed by atoms with E-state index >= 15 is 0 Å². The number of ether oxygens (including phenoxy) is 1. The third kappa shape index (κ3) is 7.30. The van der Waals surface area contributed by atoms with Gasteiger partial charge in [-0.15, -0.1) is 0 Å². The van der Waals surface area contributed by atoms with E-state index in [9.17, 15) is 23.2 Å². The fourth-order valence-electron chi connectivity index (χ4n) is 4.69.